The number of aliphatic hydroxyl groups excluding tert-OH is 1. The Balaban J connectivity index is 2.06. The van der Waals surface area contributed by atoms with Gasteiger partial charge in [0.2, 0.25) is 0 Å². The summed E-state index contributed by atoms with van der Waals surface area (Å²) in [6, 6.07) is 0. The predicted octanol–water partition coefficient (Wildman–Crippen LogP) is 2.68. The summed E-state index contributed by atoms with van der Waals surface area (Å²) in [5.41, 5.74) is 0. The van der Waals surface area contributed by atoms with Crippen LogP contribution in [-0.4, -0.2) is 22.2 Å². The molecule has 1 rings (SSSR count). The SMILES string of the molecule is CC(C)CCS[C@@H]1CCC[C@H]1O. The van der Waals surface area contributed by atoms with Crippen molar-refractivity contribution in [1.82, 2.24) is 0 Å². The zero-order chi connectivity index (χ0) is 8.97. The summed E-state index contributed by atoms with van der Waals surface area (Å²) in [5, 5.41) is 10.1. The highest BCUT2D eigenvalue weighted by atomic mass is 32.2. The largest absolute Gasteiger partial charge is 0.392 e. The van der Waals surface area contributed by atoms with Gasteiger partial charge in [0.05, 0.1) is 6.10 Å². The number of thioether (sulfide) groups is 1. The molecule has 0 heterocycles. The monoisotopic (exact) mass is 188 g/mol. The zero-order valence-corrected chi connectivity index (χ0v) is 8.94. The average molecular weight is 188 g/mol. The van der Waals surface area contributed by atoms with E-state index in [1.807, 2.05) is 11.8 Å². The summed E-state index contributed by atoms with van der Waals surface area (Å²) in [5.74, 6) is 2.02. The van der Waals surface area contributed by atoms with E-state index in [2.05, 4.69) is 13.8 Å². The quantitative estimate of drug-likeness (QED) is 0.732. The molecule has 72 valence electrons. The van der Waals surface area contributed by atoms with Crippen LogP contribution >= 0.6 is 11.8 Å². The Morgan fingerprint density at radius 3 is 2.67 bits per heavy atom. The van der Waals surface area contributed by atoms with Crippen molar-refractivity contribution in [3.8, 4) is 0 Å². The first-order valence-corrected chi connectivity index (χ1v) is 6.04. The molecule has 1 aliphatic rings. The average Bonchev–Trinajstić information content (AvgIpc) is 2.36. The topological polar surface area (TPSA) is 20.2 Å². The van der Waals surface area contributed by atoms with Gasteiger partial charge in [0.15, 0.2) is 0 Å². The van der Waals surface area contributed by atoms with E-state index >= 15 is 0 Å². The van der Waals surface area contributed by atoms with Crippen LogP contribution in [0.1, 0.15) is 39.5 Å². The van der Waals surface area contributed by atoms with E-state index in [9.17, 15) is 5.11 Å². The fraction of sp³-hybridized carbons (Fsp3) is 1.00. The lowest BCUT2D eigenvalue weighted by atomic mass is 10.2. The van der Waals surface area contributed by atoms with Crippen molar-refractivity contribution in [2.24, 2.45) is 5.92 Å². The van der Waals surface area contributed by atoms with Crippen LogP contribution in [0.5, 0.6) is 0 Å². The smallest absolute Gasteiger partial charge is 0.0658 e. The lowest BCUT2D eigenvalue weighted by Gasteiger charge is -2.14. The Morgan fingerprint density at radius 1 is 1.42 bits per heavy atom. The van der Waals surface area contributed by atoms with Crippen molar-refractivity contribution >= 4 is 11.8 Å². The molecule has 2 heteroatoms. The molecule has 1 aliphatic carbocycles. The Hall–Kier alpha value is 0.310. The predicted molar refractivity (Wildman–Crippen MR) is 55.6 cm³/mol. The van der Waals surface area contributed by atoms with Gasteiger partial charge >= 0.3 is 0 Å². The Labute approximate surface area is 79.9 Å². The van der Waals surface area contributed by atoms with Crippen molar-refractivity contribution in [3.05, 3.63) is 0 Å². The van der Waals surface area contributed by atoms with Gasteiger partial charge in [-0.3, -0.25) is 0 Å². The molecule has 0 aromatic rings. The van der Waals surface area contributed by atoms with Crippen molar-refractivity contribution in [3.63, 3.8) is 0 Å². The lowest BCUT2D eigenvalue weighted by molar-refractivity contribution is 0.188. The lowest BCUT2D eigenvalue weighted by Crippen LogP contribution is -2.15. The second-order valence-electron chi connectivity index (χ2n) is 4.09. The Kier molecular flexibility index (Phi) is 4.44. The summed E-state index contributed by atoms with van der Waals surface area (Å²) in [6.07, 6.45) is 4.75. The molecule has 1 nitrogen and oxygen atoms in total. The maximum atomic E-state index is 9.53. The first-order valence-electron chi connectivity index (χ1n) is 5.00. The first-order chi connectivity index (χ1) is 5.70. The number of rotatable bonds is 4. The third kappa shape index (κ3) is 3.36. The van der Waals surface area contributed by atoms with E-state index in [4.69, 9.17) is 0 Å². The fourth-order valence-corrected chi connectivity index (χ4v) is 3.16. The van der Waals surface area contributed by atoms with Gasteiger partial charge in [0, 0.05) is 5.25 Å². The minimum atomic E-state index is -0.0119. The van der Waals surface area contributed by atoms with Gasteiger partial charge in [0.1, 0.15) is 0 Å². The third-order valence-electron chi connectivity index (χ3n) is 2.44. The minimum Gasteiger partial charge on any atom is -0.392 e. The minimum absolute atomic E-state index is 0.0119. The maximum absolute atomic E-state index is 9.53. The van der Waals surface area contributed by atoms with Gasteiger partial charge in [-0.2, -0.15) is 11.8 Å². The number of hydrogen-bond donors (Lipinski definition) is 1. The number of hydrogen-bond acceptors (Lipinski definition) is 2. The third-order valence-corrected chi connectivity index (χ3v) is 3.89. The molecule has 0 aromatic heterocycles. The molecule has 0 bridgehead atoms. The van der Waals surface area contributed by atoms with Crippen LogP contribution in [0.3, 0.4) is 0 Å². The molecule has 2 atom stereocenters. The molecular weight excluding hydrogens is 168 g/mol. The van der Waals surface area contributed by atoms with Crippen LogP contribution in [0.2, 0.25) is 0 Å². The highest BCUT2D eigenvalue weighted by Gasteiger charge is 2.24. The summed E-state index contributed by atoms with van der Waals surface area (Å²) in [7, 11) is 0. The van der Waals surface area contributed by atoms with Gasteiger partial charge in [-0.1, -0.05) is 13.8 Å². The normalized spacial score (nSPS) is 30.0. The van der Waals surface area contributed by atoms with Crippen molar-refractivity contribution in [1.29, 1.82) is 0 Å². The van der Waals surface area contributed by atoms with Gasteiger partial charge in [0.25, 0.3) is 0 Å². The van der Waals surface area contributed by atoms with Crippen LogP contribution in [0.25, 0.3) is 0 Å². The van der Waals surface area contributed by atoms with E-state index in [0.29, 0.717) is 5.25 Å². The van der Waals surface area contributed by atoms with Gasteiger partial charge in [-0.15, -0.1) is 0 Å². The van der Waals surface area contributed by atoms with Crippen molar-refractivity contribution in [2.75, 3.05) is 5.75 Å². The van der Waals surface area contributed by atoms with Gasteiger partial charge in [-0.05, 0) is 37.4 Å². The summed E-state index contributed by atoms with van der Waals surface area (Å²) >= 11 is 1.97. The molecule has 0 radical (unpaired) electrons. The van der Waals surface area contributed by atoms with Crippen LogP contribution in [0.15, 0.2) is 0 Å². The van der Waals surface area contributed by atoms with Crippen LogP contribution in [0.4, 0.5) is 0 Å². The molecule has 1 fully saturated rings. The van der Waals surface area contributed by atoms with Crippen LogP contribution < -0.4 is 0 Å². The van der Waals surface area contributed by atoms with E-state index in [-0.39, 0.29) is 6.10 Å². The Bertz CT molecular complexity index is 125. The molecule has 1 N–H and O–H groups in total. The van der Waals surface area contributed by atoms with E-state index in [0.717, 1.165) is 12.3 Å². The zero-order valence-electron chi connectivity index (χ0n) is 8.12. The Morgan fingerprint density at radius 2 is 2.17 bits per heavy atom. The standard InChI is InChI=1S/C10H20OS/c1-8(2)6-7-12-10-5-3-4-9(10)11/h8-11H,3-7H2,1-2H3/t9-,10-/m1/s1. The van der Waals surface area contributed by atoms with E-state index in [1.54, 1.807) is 0 Å². The molecule has 0 amide bonds. The molecule has 0 unspecified atom stereocenters. The first kappa shape index (κ1) is 10.4. The van der Waals surface area contributed by atoms with Crippen molar-refractivity contribution in [2.45, 2.75) is 50.9 Å². The van der Waals surface area contributed by atoms with E-state index in [1.165, 1.54) is 25.0 Å². The van der Waals surface area contributed by atoms with Gasteiger partial charge < -0.3 is 5.11 Å². The van der Waals surface area contributed by atoms with Crippen LogP contribution in [-0.2, 0) is 0 Å². The molecular formula is C10H20OS. The second-order valence-corrected chi connectivity index (χ2v) is 5.44. The van der Waals surface area contributed by atoms with E-state index < -0.39 is 0 Å². The molecule has 1 saturated carbocycles. The summed E-state index contributed by atoms with van der Waals surface area (Å²) in [6.45, 7) is 4.51. The maximum Gasteiger partial charge on any atom is 0.0658 e. The highest BCUT2D eigenvalue weighted by Crippen LogP contribution is 2.30. The van der Waals surface area contributed by atoms with Gasteiger partial charge in [-0.25, -0.2) is 0 Å². The number of aliphatic hydroxyl groups is 1. The molecule has 0 spiro atoms. The highest BCUT2D eigenvalue weighted by molar-refractivity contribution is 7.99. The fourth-order valence-electron chi connectivity index (χ4n) is 1.56. The summed E-state index contributed by atoms with van der Waals surface area (Å²) in [4.78, 5) is 0. The van der Waals surface area contributed by atoms with Crippen LogP contribution in [0, 0.1) is 5.92 Å². The van der Waals surface area contributed by atoms with Crippen molar-refractivity contribution < 1.29 is 5.11 Å². The molecule has 0 saturated heterocycles. The molecule has 12 heavy (non-hydrogen) atoms. The summed E-state index contributed by atoms with van der Waals surface area (Å²) < 4.78 is 0. The molecule has 0 aliphatic heterocycles. The second kappa shape index (κ2) is 5.13. The molecule has 0 aromatic carbocycles.